The molecule has 0 amide bonds. The van der Waals surface area contributed by atoms with E-state index in [1.54, 1.807) is 0 Å². The third-order valence-electron chi connectivity index (χ3n) is 3.30. The zero-order chi connectivity index (χ0) is 13.4. The Morgan fingerprint density at radius 1 is 1.22 bits per heavy atom. The van der Waals surface area contributed by atoms with Crippen molar-refractivity contribution in [3.8, 4) is 0 Å². The summed E-state index contributed by atoms with van der Waals surface area (Å²) in [5, 5.41) is 3.35. The van der Waals surface area contributed by atoms with Gasteiger partial charge in [-0.2, -0.15) is 11.8 Å². The fourth-order valence-corrected chi connectivity index (χ4v) is 2.87. The van der Waals surface area contributed by atoms with E-state index in [0.29, 0.717) is 6.04 Å². The Morgan fingerprint density at radius 2 is 1.89 bits per heavy atom. The molecule has 1 aromatic carbocycles. The number of anilines is 1. The van der Waals surface area contributed by atoms with Crippen molar-refractivity contribution in [1.82, 2.24) is 5.32 Å². The maximum atomic E-state index is 3.35. The molecule has 0 aliphatic heterocycles. The van der Waals surface area contributed by atoms with Gasteiger partial charge in [-0.3, -0.25) is 0 Å². The maximum Gasteiger partial charge on any atom is 0.0374 e. The van der Waals surface area contributed by atoms with E-state index in [9.17, 15) is 0 Å². The van der Waals surface area contributed by atoms with Crippen LogP contribution in [0, 0.1) is 0 Å². The highest BCUT2D eigenvalue weighted by Crippen LogP contribution is 2.19. The van der Waals surface area contributed by atoms with E-state index in [-0.39, 0.29) is 0 Å². The Hall–Kier alpha value is -0.670. The van der Waals surface area contributed by atoms with Gasteiger partial charge in [0.2, 0.25) is 0 Å². The number of rotatable bonds is 8. The predicted molar refractivity (Wildman–Crippen MR) is 84.7 cm³/mol. The first-order valence-electron chi connectivity index (χ1n) is 6.74. The van der Waals surface area contributed by atoms with E-state index in [4.69, 9.17) is 0 Å². The van der Waals surface area contributed by atoms with Crippen LogP contribution in [0.15, 0.2) is 24.3 Å². The van der Waals surface area contributed by atoms with E-state index < -0.39 is 0 Å². The minimum absolute atomic E-state index is 0.625. The van der Waals surface area contributed by atoms with Gasteiger partial charge in [-0.05, 0) is 36.9 Å². The quantitative estimate of drug-likeness (QED) is 0.776. The van der Waals surface area contributed by atoms with Gasteiger partial charge in [-0.15, -0.1) is 0 Å². The van der Waals surface area contributed by atoms with Crippen LogP contribution in [0.4, 0.5) is 5.69 Å². The molecule has 0 bridgehead atoms. The Balaban J connectivity index is 2.65. The lowest BCUT2D eigenvalue weighted by atomic mass is 10.1. The van der Waals surface area contributed by atoms with Gasteiger partial charge in [0.25, 0.3) is 0 Å². The fourth-order valence-electron chi connectivity index (χ4n) is 2.02. The molecule has 1 N–H and O–H groups in total. The van der Waals surface area contributed by atoms with Crippen molar-refractivity contribution in [1.29, 1.82) is 0 Å². The largest absolute Gasteiger partial charge is 0.371 e. The molecule has 0 radical (unpaired) electrons. The minimum atomic E-state index is 0.625. The highest BCUT2D eigenvalue weighted by molar-refractivity contribution is 7.98. The Labute approximate surface area is 116 Å². The van der Waals surface area contributed by atoms with Crippen molar-refractivity contribution < 1.29 is 0 Å². The zero-order valence-corrected chi connectivity index (χ0v) is 12.9. The van der Waals surface area contributed by atoms with Crippen LogP contribution in [-0.2, 0) is 6.54 Å². The maximum absolute atomic E-state index is 3.35. The topological polar surface area (TPSA) is 15.3 Å². The van der Waals surface area contributed by atoms with Crippen LogP contribution in [0.1, 0.15) is 25.8 Å². The number of hydrogen-bond acceptors (Lipinski definition) is 3. The summed E-state index contributed by atoms with van der Waals surface area (Å²) in [6.45, 7) is 6.38. The summed E-state index contributed by atoms with van der Waals surface area (Å²) in [5.41, 5.74) is 2.67. The lowest BCUT2D eigenvalue weighted by Crippen LogP contribution is -2.33. The van der Waals surface area contributed by atoms with E-state index in [1.807, 2.05) is 11.8 Å². The molecule has 1 rings (SSSR count). The van der Waals surface area contributed by atoms with Crippen molar-refractivity contribution in [2.45, 2.75) is 32.9 Å². The molecule has 0 fully saturated rings. The molecule has 2 nitrogen and oxygen atoms in total. The number of nitrogens with one attached hydrogen (secondary N) is 1. The molecule has 0 heterocycles. The number of nitrogens with zero attached hydrogens (tertiary/aromatic N) is 1. The Kier molecular flexibility index (Phi) is 7.21. The van der Waals surface area contributed by atoms with Crippen LogP contribution >= 0.6 is 11.8 Å². The van der Waals surface area contributed by atoms with Gasteiger partial charge < -0.3 is 10.2 Å². The fraction of sp³-hybridized carbons (Fsp3) is 0.600. The highest BCUT2D eigenvalue weighted by atomic mass is 32.2. The normalized spacial score (nSPS) is 12.4. The van der Waals surface area contributed by atoms with Gasteiger partial charge in [-0.1, -0.05) is 26.0 Å². The summed E-state index contributed by atoms with van der Waals surface area (Å²) in [5.74, 6) is 1.19. The molecule has 1 atom stereocenters. The highest BCUT2D eigenvalue weighted by Gasteiger charge is 2.12. The third kappa shape index (κ3) is 4.54. The van der Waals surface area contributed by atoms with Gasteiger partial charge >= 0.3 is 0 Å². The molecule has 0 aliphatic rings. The second-order valence-electron chi connectivity index (χ2n) is 4.58. The average molecular weight is 266 g/mol. The second-order valence-corrected chi connectivity index (χ2v) is 5.49. The van der Waals surface area contributed by atoms with Crippen LogP contribution in [0.25, 0.3) is 0 Å². The average Bonchev–Trinajstić information content (AvgIpc) is 2.42. The van der Waals surface area contributed by atoms with Crippen molar-refractivity contribution in [2.24, 2.45) is 0 Å². The molecule has 0 spiro atoms. The standard InChI is InChI=1S/C15H26N2S/c1-5-14(12-18-4)17(3)15-9-7-13(8-10-15)11-16-6-2/h7-10,14,16H,5-6,11-12H2,1-4H3. The molecule has 1 aromatic rings. The van der Waals surface area contributed by atoms with E-state index >= 15 is 0 Å². The van der Waals surface area contributed by atoms with Gasteiger partial charge in [0.05, 0.1) is 0 Å². The molecule has 0 aromatic heterocycles. The van der Waals surface area contributed by atoms with E-state index in [0.717, 1.165) is 13.1 Å². The summed E-state index contributed by atoms with van der Waals surface area (Å²) < 4.78 is 0. The summed E-state index contributed by atoms with van der Waals surface area (Å²) in [6, 6.07) is 9.53. The van der Waals surface area contributed by atoms with E-state index in [2.05, 4.69) is 61.6 Å². The van der Waals surface area contributed by atoms with Crippen LogP contribution in [0.3, 0.4) is 0 Å². The van der Waals surface area contributed by atoms with Crippen LogP contribution in [-0.4, -0.2) is 31.6 Å². The second kappa shape index (κ2) is 8.44. The molecule has 0 saturated heterocycles. The molecule has 3 heteroatoms. The molecular weight excluding hydrogens is 240 g/mol. The van der Waals surface area contributed by atoms with Crippen molar-refractivity contribution in [2.75, 3.05) is 30.5 Å². The van der Waals surface area contributed by atoms with Gasteiger partial charge in [-0.25, -0.2) is 0 Å². The molecule has 0 aliphatic carbocycles. The first-order chi connectivity index (χ1) is 8.72. The molecule has 0 saturated carbocycles. The third-order valence-corrected chi connectivity index (χ3v) is 4.02. The van der Waals surface area contributed by atoms with Crippen molar-refractivity contribution in [3.05, 3.63) is 29.8 Å². The van der Waals surface area contributed by atoms with Gasteiger partial charge in [0.15, 0.2) is 0 Å². The van der Waals surface area contributed by atoms with Gasteiger partial charge in [0, 0.05) is 31.1 Å². The summed E-state index contributed by atoms with van der Waals surface area (Å²) in [6.07, 6.45) is 3.37. The van der Waals surface area contributed by atoms with Crippen LogP contribution in [0.5, 0.6) is 0 Å². The number of benzene rings is 1. The molecule has 1 unspecified atom stereocenters. The van der Waals surface area contributed by atoms with Crippen LogP contribution < -0.4 is 10.2 Å². The molecule has 102 valence electrons. The first-order valence-corrected chi connectivity index (χ1v) is 8.13. The van der Waals surface area contributed by atoms with Crippen LogP contribution in [0.2, 0.25) is 0 Å². The lowest BCUT2D eigenvalue weighted by Gasteiger charge is -2.29. The lowest BCUT2D eigenvalue weighted by molar-refractivity contribution is 0.672. The van der Waals surface area contributed by atoms with E-state index in [1.165, 1.54) is 23.4 Å². The SMILES string of the molecule is CCNCc1ccc(N(C)C(CC)CSC)cc1. The minimum Gasteiger partial charge on any atom is -0.371 e. The molecule has 18 heavy (non-hydrogen) atoms. The molecular formula is C15H26N2S. The van der Waals surface area contributed by atoms with Crippen molar-refractivity contribution in [3.63, 3.8) is 0 Å². The predicted octanol–water partition coefficient (Wildman–Crippen LogP) is 3.37. The Morgan fingerprint density at radius 3 is 2.39 bits per heavy atom. The Bertz CT molecular complexity index is 324. The summed E-state index contributed by atoms with van der Waals surface area (Å²) >= 11 is 1.92. The number of hydrogen-bond donors (Lipinski definition) is 1. The first kappa shape index (κ1) is 15.4. The van der Waals surface area contributed by atoms with Crippen molar-refractivity contribution >= 4 is 17.4 Å². The monoisotopic (exact) mass is 266 g/mol. The smallest absolute Gasteiger partial charge is 0.0374 e. The summed E-state index contributed by atoms with van der Waals surface area (Å²) in [7, 11) is 2.20. The number of thioether (sulfide) groups is 1. The zero-order valence-electron chi connectivity index (χ0n) is 12.1. The summed E-state index contributed by atoms with van der Waals surface area (Å²) in [4.78, 5) is 2.40. The van der Waals surface area contributed by atoms with Gasteiger partial charge in [0.1, 0.15) is 0 Å².